The summed E-state index contributed by atoms with van der Waals surface area (Å²) in [4.78, 5) is 0. The van der Waals surface area contributed by atoms with E-state index < -0.39 is 29.0 Å². The topological polar surface area (TPSA) is 99.3 Å². The third-order valence-electron chi connectivity index (χ3n) is 2.58. The van der Waals surface area contributed by atoms with Gasteiger partial charge in [-0.2, -0.15) is 30.6 Å². The molecule has 0 radical (unpaired) electrons. The maximum atomic E-state index is 12.0. The van der Waals surface area contributed by atoms with E-state index in [0.29, 0.717) is 19.3 Å². The summed E-state index contributed by atoms with van der Waals surface area (Å²) < 4.78 is 61.7. The molecule has 0 saturated carbocycles. The molecule has 1 saturated heterocycles. The molecule has 0 aromatic heterocycles. The first kappa shape index (κ1) is 15.2. The number of halogens is 3. The maximum absolute atomic E-state index is 12.0. The van der Waals surface area contributed by atoms with Crippen LogP contribution in [0.5, 0.6) is 0 Å². The van der Waals surface area contributed by atoms with E-state index in [0.717, 1.165) is 4.31 Å². The summed E-state index contributed by atoms with van der Waals surface area (Å²) in [5, 5.41) is 7.28. The van der Waals surface area contributed by atoms with Crippen LogP contribution in [-0.2, 0) is 10.2 Å². The van der Waals surface area contributed by atoms with Crippen molar-refractivity contribution in [3.8, 4) is 0 Å². The van der Waals surface area contributed by atoms with E-state index in [9.17, 15) is 21.6 Å². The summed E-state index contributed by atoms with van der Waals surface area (Å²) >= 11 is 0. The molecule has 0 spiro atoms. The average molecular weight is 288 g/mol. The molecule has 1 fully saturated rings. The van der Waals surface area contributed by atoms with E-state index in [-0.39, 0.29) is 12.4 Å². The lowest BCUT2D eigenvalue weighted by molar-refractivity contribution is -0.121. The van der Waals surface area contributed by atoms with E-state index in [2.05, 4.69) is 0 Å². The number of nitrogens with zero attached hydrogens (tertiary/aromatic N) is 1. The molecule has 0 bridgehead atoms. The molecular formula is C8H15F3N4O2S. The number of alkyl halides is 3. The van der Waals surface area contributed by atoms with E-state index in [1.807, 2.05) is 0 Å². The van der Waals surface area contributed by atoms with Gasteiger partial charge in [-0.15, -0.1) is 0 Å². The van der Waals surface area contributed by atoms with Gasteiger partial charge in [0.1, 0.15) is 12.4 Å². The molecule has 10 heteroatoms. The second kappa shape index (κ2) is 5.41. The Balaban J connectivity index is 2.78. The highest BCUT2D eigenvalue weighted by molar-refractivity contribution is 7.87. The van der Waals surface area contributed by atoms with E-state index >= 15 is 0 Å². The minimum atomic E-state index is -4.62. The predicted octanol–water partition coefficient (Wildman–Crippen LogP) is 0.174. The number of hydrogen-bond acceptors (Lipinski definition) is 3. The van der Waals surface area contributed by atoms with Crippen LogP contribution in [0.25, 0.3) is 0 Å². The molecule has 0 amide bonds. The SMILES string of the molecule is N=C(N)C1CCCCN1S(=O)(=O)NCC(F)(F)F. The van der Waals surface area contributed by atoms with E-state index in [4.69, 9.17) is 11.1 Å². The second-order valence-electron chi connectivity index (χ2n) is 4.02. The summed E-state index contributed by atoms with van der Waals surface area (Å²) in [6, 6.07) is -0.857. The second-order valence-corrected chi connectivity index (χ2v) is 5.73. The average Bonchev–Trinajstić information content (AvgIpc) is 2.26. The zero-order valence-electron chi connectivity index (χ0n) is 9.50. The summed E-state index contributed by atoms with van der Waals surface area (Å²) in [6.45, 7) is -1.56. The van der Waals surface area contributed by atoms with Crippen molar-refractivity contribution in [2.24, 2.45) is 5.73 Å². The van der Waals surface area contributed by atoms with Crippen molar-refractivity contribution >= 4 is 16.0 Å². The standard InChI is InChI=1S/C8H15F3N4O2S/c9-8(10,11)5-14-18(16,17)15-4-2-1-3-6(15)7(12)13/h6,14H,1-5H2,(H3,12,13). The van der Waals surface area contributed by atoms with Crippen LogP contribution in [-0.4, -0.2) is 43.9 Å². The van der Waals surface area contributed by atoms with Gasteiger partial charge in [0, 0.05) is 6.54 Å². The van der Waals surface area contributed by atoms with Gasteiger partial charge >= 0.3 is 6.18 Å². The monoisotopic (exact) mass is 288 g/mol. The van der Waals surface area contributed by atoms with Gasteiger partial charge in [0.05, 0.1) is 6.04 Å². The Kier molecular flexibility index (Phi) is 4.56. The first-order valence-corrected chi connectivity index (χ1v) is 6.74. The number of nitrogens with two attached hydrogens (primary N) is 1. The van der Waals surface area contributed by atoms with Crippen LogP contribution in [0.15, 0.2) is 0 Å². The van der Waals surface area contributed by atoms with Gasteiger partial charge < -0.3 is 5.73 Å². The van der Waals surface area contributed by atoms with Crippen molar-refractivity contribution in [1.29, 1.82) is 5.41 Å². The maximum Gasteiger partial charge on any atom is 0.402 e. The summed E-state index contributed by atoms with van der Waals surface area (Å²) in [6.07, 6.45) is -3.04. The van der Waals surface area contributed by atoms with Gasteiger partial charge in [-0.1, -0.05) is 6.42 Å². The van der Waals surface area contributed by atoms with Crippen LogP contribution in [0.1, 0.15) is 19.3 Å². The van der Waals surface area contributed by atoms with Crippen LogP contribution in [0.2, 0.25) is 0 Å². The largest absolute Gasteiger partial charge is 0.402 e. The lowest BCUT2D eigenvalue weighted by atomic mass is 10.0. The van der Waals surface area contributed by atoms with Crippen molar-refractivity contribution in [1.82, 2.24) is 9.03 Å². The molecule has 18 heavy (non-hydrogen) atoms. The lowest BCUT2D eigenvalue weighted by Gasteiger charge is -2.33. The van der Waals surface area contributed by atoms with Crippen molar-refractivity contribution < 1.29 is 21.6 Å². The molecule has 1 heterocycles. The highest BCUT2D eigenvalue weighted by Gasteiger charge is 2.37. The fourth-order valence-corrected chi connectivity index (χ4v) is 3.19. The van der Waals surface area contributed by atoms with Crippen molar-refractivity contribution in [2.45, 2.75) is 31.5 Å². The summed E-state index contributed by atoms with van der Waals surface area (Å²) in [7, 11) is -4.27. The Morgan fingerprint density at radius 3 is 2.56 bits per heavy atom. The van der Waals surface area contributed by atoms with Gasteiger partial charge in [-0.3, -0.25) is 5.41 Å². The first-order valence-electron chi connectivity index (χ1n) is 5.30. The zero-order chi connectivity index (χ0) is 14.0. The molecule has 6 nitrogen and oxygen atoms in total. The molecule has 1 aliphatic heterocycles. The summed E-state index contributed by atoms with van der Waals surface area (Å²) in [5.41, 5.74) is 5.26. The molecule has 106 valence electrons. The molecule has 1 unspecified atom stereocenters. The van der Waals surface area contributed by atoms with Crippen molar-refractivity contribution in [3.05, 3.63) is 0 Å². The third kappa shape index (κ3) is 4.10. The molecular weight excluding hydrogens is 273 g/mol. The van der Waals surface area contributed by atoms with Crippen LogP contribution >= 0.6 is 0 Å². The molecule has 4 N–H and O–H groups in total. The number of rotatable bonds is 4. The van der Waals surface area contributed by atoms with Gasteiger partial charge in [-0.05, 0) is 12.8 Å². The van der Waals surface area contributed by atoms with Crippen LogP contribution in [0, 0.1) is 5.41 Å². The molecule has 1 rings (SSSR count). The molecule has 0 aromatic rings. The van der Waals surface area contributed by atoms with Gasteiger partial charge in [0.25, 0.3) is 10.2 Å². The molecule has 0 aliphatic carbocycles. The number of piperidine rings is 1. The zero-order valence-corrected chi connectivity index (χ0v) is 10.3. The van der Waals surface area contributed by atoms with Gasteiger partial charge in [-0.25, -0.2) is 0 Å². The quantitative estimate of drug-likeness (QED) is 0.508. The number of nitrogens with one attached hydrogen (secondary N) is 2. The summed E-state index contributed by atoms with van der Waals surface area (Å²) in [5.74, 6) is -0.355. The highest BCUT2D eigenvalue weighted by atomic mass is 32.2. The molecule has 1 aliphatic rings. The fourth-order valence-electron chi connectivity index (χ4n) is 1.76. The van der Waals surface area contributed by atoms with Gasteiger partial charge in [0.2, 0.25) is 0 Å². The van der Waals surface area contributed by atoms with E-state index in [1.165, 1.54) is 4.72 Å². The molecule has 0 aromatic carbocycles. The lowest BCUT2D eigenvalue weighted by Crippen LogP contribution is -2.54. The normalized spacial score (nSPS) is 22.9. The van der Waals surface area contributed by atoms with Crippen LogP contribution < -0.4 is 10.5 Å². The fraction of sp³-hybridized carbons (Fsp3) is 0.875. The van der Waals surface area contributed by atoms with Crippen molar-refractivity contribution in [2.75, 3.05) is 13.1 Å². The van der Waals surface area contributed by atoms with Crippen LogP contribution in [0.4, 0.5) is 13.2 Å². The molecule has 1 atom stereocenters. The third-order valence-corrected chi connectivity index (χ3v) is 4.14. The Hall–Kier alpha value is -0.870. The number of amidine groups is 1. The van der Waals surface area contributed by atoms with Crippen molar-refractivity contribution in [3.63, 3.8) is 0 Å². The Bertz CT molecular complexity index is 409. The highest BCUT2D eigenvalue weighted by Crippen LogP contribution is 2.20. The first-order chi connectivity index (χ1) is 8.13. The smallest absolute Gasteiger partial charge is 0.386 e. The Morgan fingerprint density at radius 2 is 2.06 bits per heavy atom. The minimum absolute atomic E-state index is 0.0669. The minimum Gasteiger partial charge on any atom is -0.386 e. The number of hydrogen-bond donors (Lipinski definition) is 3. The van der Waals surface area contributed by atoms with Gasteiger partial charge in [0.15, 0.2) is 0 Å². The van der Waals surface area contributed by atoms with E-state index in [1.54, 1.807) is 0 Å². The Labute approximate surface area is 103 Å². The van der Waals surface area contributed by atoms with Crippen LogP contribution in [0.3, 0.4) is 0 Å². The predicted molar refractivity (Wildman–Crippen MR) is 59.2 cm³/mol. The Morgan fingerprint density at radius 1 is 1.44 bits per heavy atom.